The van der Waals surface area contributed by atoms with Gasteiger partial charge in [-0.15, -0.1) is 0 Å². The van der Waals surface area contributed by atoms with E-state index in [0.717, 1.165) is 18.6 Å². The summed E-state index contributed by atoms with van der Waals surface area (Å²) in [5, 5.41) is 0. The van der Waals surface area contributed by atoms with E-state index in [-0.39, 0.29) is 0 Å². The van der Waals surface area contributed by atoms with Crippen molar-refractivity contribution >= 4 is 0 Å². The molecule has 2 heterocycles. The van der Waals surface area contributed by atoms with E-state index in [2.05, 4.69) is 37.1 Å². The van der Waals surface area contributed by atoms with Crippen LogP contribution in [0.3, 0.4) is 0 Å². The maximum absolute atomic E-state index is 6.14. The van der Waals surface area contributed by atoms with Gasteiger partial charge in [0.15, 0.2) is 0 Å². The lowest BCUT2D eigenvalue weighted by atomic mass is 9.57. The number of ether oxygens (including phenoxy) is 1. The highest BCUT2D eigenvalue weighted by atomic mass is 16.5. The number of piperidine rings is 1. The van der Waals surface area contributed by atoms with E-state index in [1.54, 1.807) is 11.1 Å². The van der Waals surface area contributed by atoms with Gasteiger partial charge in [-0.3, -0.25) is 0 Å². The summed E-state index contributed by atoms with van der Waals surface area (Å²) in [4.78, 5) is 2.61. The largest absolute Gasteiger partial charge is 0.493 e. The van der Waals surface area contributed by atoms with Crippen molar-refractivity contribution in [3.05, 3.63) is 29.3 Å². The minimum absolute atomic E-state index is 0.325. The van der Waals surface area contributed by atoms with Crippen molar-refractivity contribution < 1.29 is 4.74 Å². The van der Waals surface area contributed by atoms with Crippen LogP contribution in [-0.2, 0) is 11.8 Å². The molecule has 0 aromatic heterocycles. The predicted octanol–water partition coefficient (Wildman–Crippen LogP) is 3.38. The molecule has 108 valence electrons. The van der Waals surface area contributed by atoms with Crippen LogP contribution in [-0.4, -0.2) is 31.1 Å². The smallest absolute Gasteiger partial charge is 0.123 e. The Bertz CT molecular complexity index is 526. The zero-order chi connectivity index (χ0) is 13.7. The SMILES string of the molecule is CN1CC[C@@]2(C)c3c4cccc3OCCCC[C@H]2[C@H]1C4. The first-order valence-electron chi connectivity index (χ1n) is 8.15. The van der Waals surface area contributed by atoms with Gasteiger partial charge in [0.1, 0.15) is 5.75 Å². The quantitative estimate of drug-likeness (QED) is 0.717. The number of nitrogens with zero attached hydrogens (tertiary/aromatic N) is 1. The van der Waals surface area contributed by atoms with Crippen LogP contribution in [0.1, 0.15) is 43.7 Å². The monoisotopic (exact) mass is 271 g/mol. The molecule has 3 atom stereocenters. The molecule has 2 heteroatoms. The Hall–Kier alpha value is -1.02. The van der Waals surface area contributed by atoms with Gasteiger partial charge in [0.2, 0.25) is 0 Å². The minimum Gasteiger partial charge on any atom is -0.493 e. The molecular formula is C18H25NO. The van der Waals surface area contributed by atoms with Crippen molar-refractivity contribution in [2.24, 2.45) is 5.92 Å². The first-order chi connectivity index (χ1) is 9.70. The van der Waals surface area contributed by atoms with Crippen LogP contribution < -0.4 is 4.74 Å². The van der Waals surface area contributed by atoms with Gasteiger partial charge < -0.3 is 9.64 Å². The zero-order valence-electron chi connectivity index (χ0n) is 12.7. The van der Waals surface area contributed by atoms with Crippen molar-refractivity contribution in [1.29, 1.82) is 0 Å². The highest BCUT2D eigenvalue weighted by Crippen LogP contribution is 2.53. The van der Waals surface area contributed by atoms with E-state index in [4.69, 9.17) is 4.74 Å². The lowest BCUT2D eigenvalue weighted by molar-refractivity contribution is 0.0339. The van der Waals surface area contributed by atoms with Crippen molar-refractivity contribution in [1.82, 2.24) is 4.90 Å². The molecule has 4 bridgehead atoms. The van der Waals surface area contributed by atoms with Gasteiger partial charge in [0, 0.05) is 17.0 Å². The Morgan fingerprint density at radius 1 is 1.30 bits per heavy atom. The fourth-order valence-electron chi connectivity index (χ4n) is 5.00. The Morgan fingerprint density at radius 2 is 2.20 bits per heavy atom. The van der Waals surface area contributed by atoms with Crippen LogP contribution in [0, 0.1) is 5.92 Å². The third-order valence-electron chi connectivity index (χ3n) is 6.11. The average Bonchev–Trinajstić information content (AvgIpc) is 2.49. The first-order valence-corrected chi connectivity index (χ1v) is 8.15. The Labute approximate surface area is 122 Å². The van der Waals surface area contributed by atoms with Gasteiger partial charge in [-0.25, -0.2) is 0 Å². The normalized spacial score (nSPS) is 36.5. The van der Waals surface area contributed by atoms with E-state index < -0.39 is 0 Å². The van der Waals surface area contributed by atoms with Gasteiger partial charge in [-0.2, -0.15) is 0 Å². The maximum atomic E-state index is 6.14. The summed E-state index contributed by atoms with van der Waals surface area (Å²) >= 11 is 0. The second-order valence-corrected chi connectivity index (χ2v) is 7.16. The van der Waals surface area contributed by atoms with Crippen LogP contribution in [0.15, 0.2) is 18.2 Å². The molecule has 1 saturated heterocycles. The molecule has 2 aliphatic heterocycles. The van der Waals surface area contributed by atoms with Crippen molar-refractivity contribution in [3.63, 3.8) is 0 Å². The second kappa shape index (κ2) is 4.49. The van der Waals surface area contributed by atoms with Crippen LogP contribution in [0.2, 0.25) is 0 Å². The molecule has 0 unspecified atom stereocenters. The molecule has 20 heavy (non-hydrogen) atoms. The number of hydrogen-bond donors (Lipinski definition) is 0. The maximum Gasteiger partial charge on any atom is 0.123 e. The van der Waals surface area contributed by atoms with E-state index in [9.17, 15) is 0 Å². The lowest BCUT2D eigenvalue weighted by Crippen LogP contribution is -2.57. The van der Waals surface area contributed by atoms with E-state index in [1.807, 2.05) is 0 Å². The summed E-state index contributed by atoms with van der Waals surface area (Å²) in [6.07, 6.45) is 6.37. The van der Waals surface area contributed by atoms with E-state index >= 15 is 0 Å². The highest BCUT2D eigenvalue weighted by Gasteiger charge is 2.50. The molecule has 4 rings (SSSR count). The molecule has 0 amide bonds. The molecule has 1 aromatic carbocycles. The molecule has 1 aliphatic carbocycles. The summed E-state index contributed by atoms with van der Waals surface area (Å²) in [5.41, 5.74) is 3.42. The van der Waals surface area contributed by atoms with Crippen LogP contribution in [0.5, 0.6) is 5.75 Å². The lowest BCUT2D eigenvalue weighted by Gasteiger charge is -2.55. The van der Waals surface area contributed by atoms with Crippen molar-refractivity contribution in [2.75, 3.05) is 20.2 Å². The minimum atomic E-state index is 0.325. The molecule has 0 spiro atoms. The van der Waals surface area contributed by atoms with Gasteiger partial charge in [-0.05, 0) is 63.2 Å². The van der Waals surface area contributed by atoms with E-state index in [1.165, 1.54) is 44.4 Å². The summed E-state index contributed by atoms with van der Waals surface area (Å²) in [6, 6.07) is 7.45. The fraction of sp³-hybridized carbons (Fsp3) is 0.667. The predicted molar refractivity (Wildman–Crippen MR) is 81.4 cm³/mol. The van der Waals surface area contributed by atoms with Crippen LogP contribution in [0.4, 0.5) is 0 Å². The van der Waals surface area contributed by atoms with Gasteiger partial charge in [0.25, 0.3) is 0 Å². The Balaban J connectivity index is 1.93. The number of benzene rings is 1. The summed E-state index contributed by atoms with van der Waals surface area (Å²) in [6.45, 7) is 4.62. The van der Waals surface area contributed by atoms with Crippen LogP contribution >= 0.6 is 0 Å². The first kappa shape index (κ1) is 12.7. The van der Waals surface area contributed by atoms with Gasteiger partial charge >= 0.3 is 0 Å². The van der Waals surface area contributed by atoms with E-state index in [0.29, 0.717) is 5.41 Å². The third-order valence-corrected chi connectivity index (χ3v) is 6.11. The number of rotatable bonds is 0. The number of hydrogen-bond acceptors (Lipinski definition) is 2. The molecular weight excluding hydrogens is 246 g/mol. The summed E-state index contributed by atoms with van der Waals surface area (Å²) < 4.78 is 6.14. The molecule has 0 N–H and O–H groups in total. The van der Waals surface area contributed by atoms with Crippen molar-refractivity contribution in [3.8, 4) is 5.75 Å². The van der Waals surface area contributed by atoms with Gasteiger partial charge in [-0.1, -0.05) is 19.1 Å². The molecule has 2 nitrogen and oxygen atoms in total. The topological polar surface area (TPSA) is 12.5 Å². The molecule has 0 saturated carbocycles. The molecule has 1 aromatic rings. The summed E-state index contributed by atoms with van der Waals surface area (Å²) in [7, 11) is 2.32. The van der Waals surface area contributed by atoms with Gasteiger partial charge in [0.05, 0.1) is 6.61 Å². The Morgan fingerprint density at radius 3 is 3.10 bits per heavy atom. The Kier molecular flexibility index (Phi) is 2.85. The van der Waals surface area contributed by atoms with Crippen molar-refractivity contribution in [2.45, 2.75) is 50.5 Å². The van der Waals surface area contributed by atoms with Crippen LogP contribution in [0.25, 0.3) is 0 Å². The fourth-order valence-corrected chi connectivity index (χ4v) is 5.00. The zero-order valence-corrected chi connectivity index (χ0v) is 12.7. The summed E-state index contributed by atoms with van der Waals surface area (Å²) in [5.74, 6) is 1.98. The average molecular weight is 271 g/mol. The highest BCUT2D eigenvalue weighted by molar-refractivity contribution is 5.49. The standard InChI is InChI=1S/C18H25NO/c1-18-9-10-19(2)15-12-13-6-5-8-16(17(13)18)20-11-4-3-7-14(15)18/h5-6,8,14-15H,3-4,7,9-12H2,1-2H3/t14-,15+,18+/m0/s1. The molecule has 3 aliphatic rings. The third kappa shape index (κ3) is 1.67. The number of likely N-dealkylation sites (N-methyl/N-ethyl adjacent to an activating group) is 1. The molecule has 0 radical (unpaired) electrons. The number of likely N-dealkylation sites (tertiary alicyclic amines) is 1. The molecule has 1 fully saturated rings. The second-order valence-electron chi connectivity index (χ2n) is 7.16.